The molecular formula is C13H18FNO. The highest BCUT2D eigenvalue weighted by Crippen LogP contribution is 2.24. The van der Waals surface area contributed by atoms with Gasteiger partial charge in [0.05, 0.1) is 0 Å². The largest absolute Gasteiger partial charge is 0.505 e. The number of phenolic OH excluding ortho intramolecular Hbond substituents is 1. The van der Waals surface area contributed by atoms with E-state index < -0.39 is 5.82 Å². The predicted octanol–water partition coefficient (Wildman–Crippen LogP) is 2.38. The van der Waals surface area contributed by atoms with E-state index in [1.165, 1.54) is 18.9 Å². The van der Waals surface area contributed by atoms with E-state index in [9.17, 15) is 9.50 Å². The molecule has 1 aliphatic heterocycles. The van der Waals surface area contributed by atoms with Gasteiger partial charge in [0.25, 0.3) is 0 Å². The van der Waals surface area contributed by atoms with Crippen LogP contribution in [0.15, 0.2) is 12.1 Å². The lowest BCUT2D eigenvalue weighted by Crippen LogP contribution is -2.30. The standard InChI is InChI=1S/C13H18FNO/c1-9-5-12(14)13(16)7-11(9)6-10-3-2-4-15-8-10/h5,7,10,15-16H,2-4,6,8H2,1H3. The van der Waals surface area contributed by atoms with Crippen LogP contribution in [-0.2, 0) is 6.42 Å². The van der Waals surface area contributed by atoms with Crippen LogP contribution in [0.3, 0.4) is 0 Å². The van der Waals surface area contributed by atoms with E-state index in [1.807, 2.05) is 6.92 Å². The Hall–Kier alpha value is -1.09. The summed E-state index contributed by atoms with van der Waals surface area (Å²) in [6.45, 7) is 4.02. The molecule has 1 aromatic rings. The van der Waals surface area contributed by atoms with Crippen molar-refractivity contribution < 1.29 is 9.50 Å². The quantitative estimate of drug-likeness (QED) is 0.806. The first-order chi connectivity index (χ1) is 7.66. The molecule has 88 valence electrons. The molecule has 0 saturated carbocycles. The van der Waals surface area contributed by atoms with E-state index in [-0.39, 0.29) is 5.75 Å². The number of aromatic hydroxyl groups is 1. The number of halogens is 1. The minimum atomic E-state index is -0.525. The van der Waals surface area contributed by atoms with Gasteiger partial charge in [0.15, 0.2) is 11.6 Å². The molecule has 0 bridgehead atoms. The SMILES string of the molecule is Cc1cc(F)c(O)cc1CC1CCCNC1. The fourth-order valence-corrected chi connectivity index (χ4v) is 2.33. The van der Waals surface area contributed by atoms with E-state index in [0.29, 0.717) is 5.92 Å². The normalized spacial score (nSPS) is 21.0. The molecule has 1 heterocycles. The van der Waals surface area contributed by atoms with Crippen molar-refractivity contribution in [3.63, 3.8) is 0 Å². The second-order valence-corrected chi connectivity index (χ2v) is 4.65. The fraction of sp³-hybridized carbons (Fsp3) is 0.538. The maximum Gasteiger partial charge on any atom is 0.165 e. The first-order valence-electron chi connectivity index (χ1n) is 5.85. The Labute approximate surface area is 95.5 Å². The zero-order chi connectivity index (χ0) is 11.5. The first kappa shape index (κ1) is 11.4. The van der Waals surface area contributed by atoms with Gasteiger partial charge in [-0.3, -0.25) is 0 Å². The van der Waals surface area contributed by atoms with Crippen molar-refractivity contribution in [3.05, 3.63) is 29.1 Å². The highest BCUT2D eigenvalue weighted by Gasteiger charge is 2.15. The second-order valence-electron chi connectivity index (χ2n) is 4.65. The highest BCUT2D eigenvalue weighted by molar-refractivity contribution is 5.35. The number of piperidine rings is 1. The summed E-state index contributed by atoms with van der Waals surface area (Å²) < 4.78 is 13.1. The van der Waals surface area contributed by atoms with Gasteiger partial charge in [-0.15, -0.1) is 0 Å². The molecule has 2 nitrogen and oxygen atoms in total. The molecule has 0 radical (unpaired) electrons. The summed E-state index contributed by atoms with van der Waals surface area (Å²) in [5.41, 5.74) is 1.99. The van der Waals surface area contributed by atoms with Crippen molar-refractivity contribution in [1.29, 1.82) is 0 Å². The molecule has 0 spiro atoms. The lowest BCUT2D eigenvalue weighted by molar-refractivity contribution is 0.374. The number of aryl methyl sites for hydroxylation is 1. The number of hydrogen-bond donors (Lipinski definition) is 2. The number of benzene rings is 1. The van der Waals surface area contributed by atoms with Crippen LogP contribution in [0, 0.1) is 18.7 Å². The van der Waals surface area contributed by atoms with Crippen molar-refractivity contribution in [2.24, 2.45) is 5.92 Å². The summed E-state index contributed by atoms with van der Waals surface area (Å²) in [5.74, 6) is -0.148. The Morgan fingerprint density at radius 2 is 2.31 bits per heavy atom. The van der Waals surface area contributed by atoms with Gasteiger partial charge in [-0.2, -0.15) is 0 Å². The van der Waals surface area contributed by atoms with Crippen LogP contribution >= 0.6 is 0 Å². The lowest BCUT2D eigenvalue weighted by atomic mass is 9.90. The first-order valence-corrected chi connectivity index (χ1v) is 5.85. The average molecular weight is 223 g/mol. The molecular weight excluding hydrogens is 205 g/mol. The van der Waals surface area contributed by atoms with Crippen LogP contribution in [0.5, 0.6) is 5.75 Å². The molecule has 0 amide bonds. The zero-order valence-corrected chi connectivity index (χ0v) is 9.59. The van der Waals surface area contributed by atoms with Crippen LogP contribution in [-0.4, -0.2) is 18.2 Å². The maximum absolute atomic E-state index is 13.1. The third kappa shape index (κ3) is 2.53. The smallest absolute Gasteiger partial charge is 0.165 e. The molecule has 2 N–H and O–H groups in total. The van der Waals surface area contributed by atoms with Gasteiger partial charge in [-0.25, -0.2) is 4.39 Å². The molecule has 0 aromatic heterocycles. The van der Waals surface area contributed by atoms with Crippen LogP contribution in [0.2, 0.25) is 0 Å². The molecule has 1 saturated heterocycles. The monoisotopic (exact) mass is 223 g/mol. The highest BCUT2D eigenvalue weighted by atomic mass is 19.1. The summed E-state index contributed by atoms with van der Waals surface area (Å²) >= 11 is 0. The van der Waals surface area contributed by atoms with Gasteiger partial charge in [-0.05, 0) is 68.5 Å². The Balaban J connectivity index is 2.11. The van der Waals surface area contributed by atoms with Gasteiger partial charge in [0, 0.05) is 0 Å². The molecule has 1 aliphatic rings. The van der Waals surface area contributed by atoms with E-state index in [0.717, 1.165) is 30.6 Å². The van der Waals surface area contributed by atoms with Gasteiger partial charge < -0.3 is 10.4 Å². The summed E-state index contributed by atoms with van der Waals surface area (Å²) in [7, 11) is 0. The minimum absolute atomic E-state index is 0.232. The zero-order valence-electron chi connectivity index (χ0n) is 9.59. The van der Waals surface area contributed by atoms with Gasteiger partial charge >= 0.3 is 0 Å². The average Bonchev–Trinajstić information content (AvgIpc) is 2.27. The van der Waals surface area contributed by atoms with Gasteiger partial charge in [0.1, 0.15) is 0 Å². The summed E-state index contributed by atoms with van der Waals surface area (Å²) in [4.78, 5) is 0. The topological polar surface area (TPSA) is 32.3 Å². The van der Waals surface area contributed by atoms with Crippen molar-refractivity contribution in [2.45, 2.75) is 26.2 Å². The van der Waals surface area contributed by atoms with Crippen LogP contribution in [0.4, 0.5) is 4.39 Å². The molecule has 2 rings (SSSR count). The molecule has 0 aliphatic carbocycles. The van der Waals surface area contributed by atoms with Gasteiger partial charge in [0.2, 0.25) is 0 Å². The third-order valence-corrected chi connectivity index (χ3v) is 3.31. The van der Waals surface area contributed by atoms with Crippen molar-refractivity contribution >= 4 is 0 Å². The molecule has 1 aromatic carbocycles. The van der Waals surface area contributed by atoms with E-state index in [1.54, 1.807) is 6.07 Å². The Morgan fingerprint density at radius 1 is 1.50 bits per heavy atom. The summed E-state index contributed by atoms with van der Waals surface area (Å²) in [6, 6.07) is 2.99. The fourth-order valence-electron chi connectivity index (χ4n) is 2.33. The van der Waals surface area contributed by atoms with Crippen molar-refractivity contribution in [1.82, 2.24) is 5.32 Å². The maximum atomic E-state index is 13.1. The van der Waals surface area contributed by atoms with Crippen molar-refractivity contribution in [3.8, 4) is 5.75 Å². The minimum Gasteiger partial charge on any atom is -0.505 e. The summed E-state index contributed by atoms with van der Waals surface area (Å²) in [5, 5.41) is 12.7. The molecule has 1 fully saturated rings. The molecule has 1 atom stereocenters. The predicted molar refractivity (Wildman–Crippen MR) is 62.1 cm³/mol. The number of phenols is 1. The Morgan fingerprint density at radius 3 is 3.00 bits per heavy atom. The van der Waals surface area contributed by atoms with Crippen molar-refractivity contribution in [2.75, 3.05) is 13.1 Å². The number of rotatable bonds is 2. The molecule has 3 heteroatoms. The lowest BCUT2D eigenvalue weighted by Gasteiger charge is -2.23. The van der Waals surface area contributed by atoms with Gasteiger partial charge in [-0.1, -0.05) is 0 Å². The third-order valence-electron chi connectivity index (χ3n) is 3.31. The Kier molecular flexibility index (Phi) is 3.44. The number of nitrogens with one attached hydrogen (secondary N) is 1. The van der Waals surface area contributed by atoms with Crippen LogP contribution in [0.25, 0.3) is 0 Å². The van der Waals surface area contributed by atoms with E-state index in [4.69, 9.17) is 0 Å². The number of hydrogen-bond acceptors (Lipinski definition) is 2. The van der Waals surface area contributed by atoms with E-state index in [2.05, 4.69) is 5.32 Å². The molecule has 1 unspecified atom stereocenters. The van der Waals surface area contributed by atoms with Crippen LogP contribution in [0.1, 0.15) is 24.0 Å². The summed E-state index contributed by atoms with van der Waals surface area (Å²) in [6.07, 6.45) is 3.34. The second kappa shape index (κ2) is 4.83. The van der Waals surface area contributed by atoms with Crippen LogP contribution < -0.4 is 5.32 Å². The Bertz CT molecular complexity index is 372. The molecule has 16 heavy (non-hydrogen) atoms. The van der Waals surface area contributed by atoms with E-state index >= 15 is 0 Å².